The van der Waals surface area contributed by atoms with Gasteiger partial charge in [0.15, 0.2) is 12.2 Å². The number of ether oxygens (including phenoxy) is 6. The van der Waals surface area contributed by atoms with Crippen LogP contribution in [-0.2, 0) is 38.0 Å². The molecule has 1 amide bonds. The number of methoxy groups -OCH3 is 1. The van der Waals surface area contributed by atoms with Crippen LogP contribution in [0.3, 0.4) is 0 Å². The minimum Gasteiger partial charge on any atom is -0.466 e. The molecule has 6 rings (SSSR count). The molecular formula is C46H41NO12S. The number of amides is 1. The SMILES string of the molecule is COC(=O)[C@]1(Sc2ccccc2)C[C@H](OC(=O)c2ccccc2)[C@@H](NC(C)=O)[C@H]([C@H](OC(=O)c2ccccc2)[C@@H](COC(=O)c2ccccc2)OC(=O)c2ccccc2)O1. The number of hydrogen-bond acceptors (Lipinski definition) is 13. The predicted octanol–water partition coefficient (Wildman–Crippen LogP) is 6.48. The Morgan fingerprint density at radius 1 is 0.650 bits per heavy atom. The monoisotopic (exact) mass is 831 g/mol. The molecule has 0 unspecified atom stereocenters. The van der Waals surface area contributed by atoms with Gasteiger partial charge in [0.05, 0.1) is 35.4 Å². The third-order valence-corrected chi connectivity index (χ3v) is 10.6. The molecule has 0 aliphatic carbocycles. The number of nitrogens with one attached hydrogen (secondary N) is 1. The van der Waals surface area contributed by atoms with Gasteiger partial charge < -0.3 is 33.7 Å². The summed E-state index contributed by atoms with van der Waals surface area (Å²) in [6.07, 6.45) is -6.91. The number of carbonyl (C=O) groups excluding carboxylic acids is 6. The van der Waals surface area contributed by atoms with Gasteiger partial charge in [-0.05, 0) is 60.7 Å². The normalized spacial score (nSPS) is 19.3. The van der Waals surface area contributed by atoms with E-state index in [0.29, 0.717) is 4.90 Å². The molecule has 308 valence electrons. The Morgan fingerprint density at radius 3 is 1.58 bits per heavy atom. The summed E-state index contributed by atoms with van der Waals surface area (Å²) >= 11 is 0.932. The molecule has 1 aliphatic heterocycles. The number of rotatable bonds is 15. The molecule has 1 heterocycles. The lowest BCUT2D eigenvalue weighted by Gasteiger charge is -2.48. The Morgan fingerprint density at radius 2 is 1.10 bits per heavy atom. The van der Waals surface area contributed by atoms with E-state index in [0.717, 1.165) is 18.9 Å². The van der Waals surface area contributed by atoms with E-state index in [4.69, 9.17) is 28.4 Å². The van der Waals surface area contributed by atoms with Crippen molar-refractivity contribution >= 4 is 47.5 Å². The highest BCUT2D eigenvalue weighted by Crippen LogP contribution is 2.46. The van der Waals surface area contributed by atoms with E-state index >= 15 is 0 Å². The summed E-state index contributed by atoms with van der Waals surface area (Å²) in [5, 5.41) is 2.78. The second kappa shape index (κ2) is 20.3. The third-order valence-electron chi connectivity index (χ3n) is 9.31. The van der Waals surface area contributed by atoms with Gasteiger partial charge >= 0.3 is 29.8 Å². The highest BCUT2D eigenvalue weighted by Gasteiger charge is 2.59. The van der Waals surface area contributed by atoms with Crippen molar-refractivity contribution in [3.63, 3.8) is 0 Å². The molecule has 0 bridgehead atoms. The van der Waals surface area contributed by atoms with Gasteiger partial charge in [-0.1, -0.05) is 103 Å². The van der Waals surface area contributed by atoms with Gasteiger partial charge in [-0.3, -0.25) is 4.79 Å². The molecule has 6 atom stereocenters. The molecule has 1 N–H and O–H groups in total. The molecular weight excluding hydrogens is 791 g/mol. The van der Waals surface area contributed by atoms with Gasteiger partial charge in [-0.15, -0.1) is 0 Å². The Bertz CT molecular complexity index is 2250. The maximum atomic E-state index is 14.2. The van der Waals surface area contributed by atoms with Crippen LogP contribution in [0.2, 0.25) is 0 Å². The van der Waals surface area contributed by atoms with Gasteiger partial charge in [0.1, 0.15) is 18.8 Å². The topological polar surface area (TPSA) is 170 Å². The van der Waals surface area contributed by atoms with Crippen LogP contribution in [0.4, 0.5) is 0 Å². The summed E-state index contributed by atoms with van der Waals surface area (Å²) in [6.45, 7) is 0.505. The average molecular weight is 832 g/mol. The lowest BCUT2D eigenvalue weighted by atomic mass is 9.89. The Hall–Kier alpha value is -6.77. The third kappa shape index (κ3) is 10.8. The van der Waals surface area contributed by atoms with Crippen LogP contribution in [0.1, 0.15) is 54.8 Å². The minimum atomic E-state index is -2.05. The molecule has 0 aromatic heterocycles. The number of hydrogen-bond donors (Lipinski definition) is 1. The van der Waals surface area contributed by atoms with Gasteiger partial charge in [-0.25, -0.2) is 24.0 Å². The summed E-state index contributed by atoms with van der Waals surface area (Å²) in [5.41, 5.74) is 0.515. The second-order valence-corrected chi connectivity index (χ2v) is 14.8. The average Bonchev–Trinajstić information content (AvgIpc) is 3.28. The highest BCUT2D eigenvalue weighted by molar-refractivity contribution is 8.01. The molecule has 0 saturated carbocycles. The molecule has 0 radical (unpaired) electrons. The van der Waals surface area contributed by atoms with Crippen LogP contribution in [0.5, 0.6) is 0 Å². The van der Waals surface area contributed by atoms with Crippen LogP contribution < -0.4 is 5.32 Å². The molecule has 60 heavy (non-hydrogen) atoms. The fraction of sp³-hybridized carbons (Fsp3) is 0.217. The van der Waals surface area contributed by atoms with E-state index in [-0.39, 0.29) is 28.7 Å². The maximum absolute atomic E-state index is 14.2. The molecule has 1 saturated heterocycles. The maximum Gasteiger partial charge on any atom is 0.349 e. The van der Waals surface area contributed by atoms with Gasteiger partial charge in [0, 0.05) is 18.2 Å². The Balaban J connectivity index is 1.52. The van der Waals surface area contributed by atoms with E-state index in [2.05, 4.69) is 5.32 Å². The van der Waals surface area contributed by atoms with Crippen molar-refractivity contribution in [2.75, 3.05) is 13.7 Å². The van der Waals surface area contributed by atoms with Crippen LogP contribution in [0.15, 0.2) is 157 Å². The van der Waals surface area contributed by atoms with E-state index in [1.165, 1.54) is 55.5 Å². The molecule has 1 aliphatic rings. The molecule has 13 nitrogen and oxygen atoms in total. The second-order valence-electron chi connectivity index (χ2n) is 13.5. The standard InChI is InChI=1S/C46H41NO12S/c1-30(48)47-38-36(56-42(50)32-20-10-4-11-21-32)28-46(45(53)54-2,60-35-26-16-7-17-27-35)59-40(38)39(58-44(52)34-24-14-6-15-25-34)37(57-43(51)33-22-12-5-13-23-33)29-55-41(49)31-18-8-3-9-19-31/h3-27,36-40H,28-29H2,1-2H3,(H,47,48)/t36-,37+,38+,39+,40+,46+/m0/s1. The smallest absolute Gasteiger partial charge is 0.349 e. The lowest BCUT2D eigenvalue weighted by molar-refractivity contribution is -0.207. The van der Waals surface area contributed by atoms with Crippen molar-refractivity contribution in [2.45, 2.75) is 53.6 Å². The summed E-state index contributed by atoms with van der Waals surface area (Å²) in [4.78, 5) is 81.1. The number of esters is 5. The predicted molar refractivity (Wildman–Crippen MR) is 218 cm³/mol. The highest BCUT2D eigenvalue weighted by atomic mass is 32.2. The number of thioether (sulfide) groups is 1. The van der Waals surface area contributed by atoms with Crippen LogP contribution >= 0.6 is 11.8 Å². The molecule has 1 fully saturated rings. The zero-order valence-electron chi connectivity index (χ0n) is 32.5. The van der Waals surface area contributed by atoms with E-state index in [9.17, 15) is 28.8 Å². The summed E-state index contributed by atoms with van der Waals surface area (Å²) in [5.74, 6) is -4.95. The first-order valence-electron chi connectivity index (χ1n) is 18.8. The zero-order chi connectivity index (χ0) is 42.5. The first-order valence-corrected chi connectivity index (χ1v) is 19.7. The van der Waals surface area contributed by atoms with Gasteiger partial charge in [0.25, 0.3) is 0 Å². The summed E-state index contributed by atoms with van der Waals surface area (Å²) in [7, 11) is 1.15. The fourth-order valence-electron chi connectivity index (χ4n) is 6.51. The zero-order valence-corrected chi connectivity index (χ0v) is 33.4. The van der Waals surface area contributed by atoms with Crippen molar-refractivity contribution in [3.05, 3.63) is 174 Å². The van der Waals surface area contributed by atoms with Crippen LogP contribution in [0, 0.1) is 0 Å². The van der Waals surface area contributed by atoms with Crippen molar-refractivity contribution in [1.29, 1.82) is 0 Å². The Labute approximate surface area is 350 Å². The fourth-order valence-corrected chi connectivity index (χ4v) is 7.75. The van der Waals surface area contributed by atoms with E-state index in [1.807, 2.05) is 0 Å². The van der Waals surface area contributed by atoms with Gasteiger partial charge in [0.2, 0.25) is 10.8 Å². The summed E-state index contributed by atoms with van der Waals surface area (Å²) in [6, 6.07) is 39.2. The first kappa shape index (κ1) is 42.8. The number of carbonyl (C=O) groups is 6. The molecule has 0 spiro atoms. The van der Waals surface area contributed by atoms with E-state index in [1.54, 1.807) is 103 Å². The largest absolute Gasteiger partial charge is 0.466 e. The quantitative estimate of drug-likeness (QED) is 0.0900. The molecule has 5 aromatic carbocycles. The van der Waals surface area contributed by atoms with E-state index < -0.39 is 77.8 Å². The lowest BCUT2D eigenvalue weighted by Crippen LogP contribution is -2.68. The molecule has 5 aromatic rings. The van der Waals surface area contributed by atoms with Crippen LogP contribution in [-0.4, -0.2) is 84.9 Å². The number of benzene rings is 5. The van der Waals surface area contributed by atoms with Crippen molar-refractivity contribution in [1.82, 2.24) is 5.32 Å². The summed E-state index contributed by atoms with van der Waals surface area (Å²) < 4.78 is 36.3. The minimum absolute atomic E-state index is 0.0775. The van der Waals surface area contributed by atoms with Gasteiger partial charge in [-0.2, -0.15) is 0 Å². The Kier molecular flexibility index (Phi) is 14.5. The van der Waals surface area contributed by atoms with Crippen molar-refractivity contribution < 1.29 is 57.2 Å². The van der Waals surface area contributed by atoms with Crippen LogP contribution in [0.25, 0.3) is 0 Å². The van der Waals surface area contributed by atoms with Crippen molar-refractivity contribution in [3.8, 4) is 0 Å². The van der Waals surface area contributed by atoms with Crippen molar-refractivity contribution in [2.24, 2.45) is 0 Å². The first-order chi connectivity index (χ1) is 29.1. The molecule has 14 heteroatoms.